The third-order valence-corrected chi connectivity index (χ3v) is 3.63. The first kappa shape index (κ1) is 9.19. The Morgan fingerprint density at radius 2 is 2.33 bits per heavy atom. The third-order valence-electron chi connectivity index (χ3n) is 2.41. The van der Waals surface area contributed by atoms with E-state index < -0.39 is 0 Å². The number of nitrogens with zero attached hydrogens (tertiary/aromatic N) is 1. The molecule has 0 spiro atoms. The number of hydrogen-bond acceptors (Lipinski definition) is 3. The van der Waals surface area contributed by atoms with Crippen molar-refractivity contribution >= 4 is 22.9 Å². The zero-order valence-corrected chi connectivity index (χ0v) is 9.44. The summed E-state index contributed by atoms with van der Waals surface area (Å²) in [6.07, 6.45) is 0.988. The minimum Gasteiger partial charge on any atom is -0.493 e. The SMILES string of the molecule is Clc1csc(-c2ccc3c(c2)CCO3)n1. The zero-order chi connectivity index (χ0) is 10.3. The quantitative estimate of drug-likeness (QED) is 0.759. The lowest BCUT2D eigenvalue weighted by Crippen LogP contribution is -1.85. The van der Waals surface area contributed by atoms with E-state index in [1.54, 1.807) is 11.3 Å². The van der Waals surface area contributed by atoms with E-state index in [-0.39, 0.29) is 0 Å². The van der Waals surface area contributed by atoms with E-state index in [1.165, 1.54) is 5.56 Å². The van der Waals surface area contributed by atoms with Gasteiger partial charge in [0.15, 0.2) is 0 Å². The topological polar surface area (TPSA) is 22.1 Å². The number of aromatic nitrogens is 1. The summed E-state index contributed by atoms with van der Waals surface area (Å²) in [6.45, 7) is 0.789. The number of fused-ring (bicyclic) bond motifs is 1. The maximum Gasteiger partial charge on any atom is 0.140 e. The standard InChI is InChI=1S/C11H8ClNOS/c12-10-6-15-11(13-10)8-1-2-9-7(5-8)3-4-14-9/h1-2,5-6H,3-4H2. The van der Waals surface area contributed by atoms with Gasteiger partial charge in [-0.25, -0.2) is 4.98 Å². The molecule has 1 aliphatic rings. The fourth-order valence-corrected chi connectivity index (χ4v) is 2.65. The molecule has 0 saturated heterocycles. The molecule has 2 aromatic rings. The van der Waals surface area contributed by atoms with Gasteiger partial charge in [0.2, 0.25) is 0 Å². The highest BCUT2D eigenvalue weighted by Crippen LogP contribution is 2.32. The smallest absolute Gasteiger partial charge is 0.140 e. The van der Waals surface area contributed by atoms with Crippen LogP contribution in [0.25, 0.3) is 10.6 Å². The van der Waals surface area contributed by atoms with Crippen molar-refractivity contribution < 1.29 is 4.74 Å². The van der Waals surface area contributed by atoms with Crippen LogP contribution in [0, 0.1) is 0 Å². The fourth-order valence-electron chi connectivity index (χ4n) is 1.71. The van der Waals surface area contributed by atoms with E-state index in [4.69, 9.17) is 16.3 Å². The second-order valence-corrected chi connectivity index (χ2v) is 4.64. The first-order chi connectivity index (χ1) is 7.33. The first-order valence-electron chi connectivity index (χ1n) is 4.70. The number of benzene rings is 1. The number of thiazole rings is 1. The summed E-state index contributed by atoms with van der Waals surface area (Å²) >= 11 is 7.37. The van der Waals surface area contributed by atoms with Crippen molar-refractivity contribution in [1.29, 1.82) is 0 Å². The van der Waals surface area contributed by atoms with Gasteiger partial charge in [0.05, 0.1) is 6.61 Å². The molecular formula is C11H8ClNOS. The molecule has 15 heavy (non-hydrogen) atoms. The molecule has 0 aliphatic carbocycles. The second kappa shape index (κ2) is 3.51. The summed E-state index contributed by atoms with van der Waals surface area (Å²) in [5.41, 5.74) is 2.38. The van der Waals surface area contributed by atoms with Gasteiger partial charge in [-0.1, -0.05) is 11.6 Å². The molecule has 3 rings (SSSR count). The normalized spacial score (nSPS) is 13.7. The molecule has 0 radical (unpaired) electrons. The summed E-state index contributed by atoms with van der Waals surface area (Å²) < 4.78 is 5.45. The Bertz CT molecular complexity index is 509. The molecule has 1 aliphatic heterocycles. The van der Waals surface area contributed by atoms with Gasteiger partial charge in [0.25, 0.3) is 0 Å². The van der Waals surface area contributed by atoms with Crippen molar-refractivity contribution in [2.75, 3.05) is 6.61 Å². The van der Waals surface area contributed by atoms with Crippen LogP contribution in [-0.4, -0.2) is 11.6 Å². The molecule has 76 valence electrons. The van der Waals surface area contributed by atoms with Gasteiger partial charge in [-0.2, -0.15) is 0 Å². The van der Waals surface area contributed by atoms with Crippen molar-refractivity contribution in [2.24, 2.45) is 0 Å². The average molecular weight is 238 g/mol. The number of ether oxygens (including phenoxy) is 1. The highest BCUT2D eigenvalue weighted by Gasteiger charge is 2.13. The minimum atomic E-state index is 0.562. The molecular weight excluding hydrogens is 230 g/mol. The van der Waals surface area contributed by atoms with Crippen LogP contribution in [0.4, 0.5) is 0 Å². The fraction of sp³-hybridized carbons (Fsp3) is 0.182. The lowest BCUT2D eigenvalue weighted by Gasteiger charge is -2.00. The van der Waals surface area contributed by atoms with Crippen molar-refractivity contribution in [3.05, 3.63) is 34.3 Å². The Labute approximate surface area is 96.5 Å². The van der Waals surface area contributed by atoms with Crippen molar-refractivity contribution in [1.82, 2.24) is 4.98 Å². The number of halogens is 1. The number of rotatable bonds is 1. The summed E-state index contributed by atoms with van der Waals surface area (Å²) in [6, 6.07) is 6.17. The van der Waals surface area contributed by atoms with Crippen molar-refractivity contribution in [2.45, 2.75) is 6.42 Å². The molecule has 0 N–H and O–H groups in total. The van der Waals surface area contributed by atoms with Gasteiger partial charge in [-0.05, 0) is 23.8 Å². The highest BCUT2D eigenvalue weighted by atomic mass is 35.5. The minimum absolute atomic E-state index is 0.562. The van der Waals surface area contributed by atoms with Crippen LogP contribution in [0.5, 0.6) is 5.75 Å². The predicted molar refractivity (Wildman–Crippen MR) is 61.8 cm³/mol. The maximum atomic E-state index is 5.80. The molecule has 0 bridgehead atoms. The van der Waals surface area contributed by atoms with Gasteiger partial charge >= 0.3 is 0 Å². The van der Waals surface area contributed by atoms with Gasteiger partial charge in [-0.3, -0.25) is 0 Å². The largest absolute Gasteiger partial charge is 0.493 e. The van der Waals surface area contributed by atoms with Crippen LogP contribution >= 0.6 is 22.9 Å². The molecule has 2 nitrogen and oxygen atoms in total. The van der Waals surface area contributed by atoms with E-state index in [0.29, 0.717) is 5.15 Å². The van der Waals surface area contributed by atoms with Crippen molar-refractivity contribution in [3.8, 4) is 16.3 Å². The molecule has 0 saturated carbocycles. The monoisotopic (exact) mass is 237 g/mol. The third kappa shape index (κ3) is 1.62. The summed E-state index contributed by atoms with van der Waals surface area (Å²) in [5, 5.41) is 3.38. The summed E-state index contributed by atoms with van der Waals surface area (Å²) in [4.78, 5) is 4.25. The van der Waals surface area contributed by atoms with E-state index in [1.807, 2.05) is 17.5 Å². The van der Waals surface area contributed by atoms with Crippen LogP contribution in [0.15, 0.2) is 23.6 Å². The predicted octanol–water partition coefficient (Wildman–Crippen LogP) is 3.40. The molecule has 1 aromatic heterocycles. The molecule has 0 amide bonds. The van der Waals surface area contributed by atoms with Crippen LogP contribution in [0.3, 0.4) is 0 Å². The van der Waals surface area contributed by atoms with E-state index in [2.05, 4.69) is 11.1 Å². The highest BCUT2D eigenvalue weighted by molar-refractivity contribution is 7.13. The molecule has 4 heteroatoms. The van der Waals surface area contributed by atoms with Crippen molar-refractivity contribution in [3.63, 3.8) is 0 Å². The Hall–Kier alpha value is -1.06. The molecule has 2 heterocycles. The number of hydrogen-bond donors (Lipinski definition) is 0. The summed E-state index contributed by atoms with van der Waals surface area (Å²) in [5.74, 6) is 1.00. The molecule has 0 fully saturated rings. The Morgan fingerprint density at radius 1 is 1.40 bits per heavy atom. The van der Waals surface area contributed by atoms with Gasteiger partial charge in [0, 0.05) is 17.4 Å². The first-order valence-corrected chi connectivity index (χ1v) is 5.96. The lowest BCUT2D eigenvalue weighted by molar-refractivity contribution is 0.357. The average Bonchev–Trinajstić information content (AvgIpc) is 2.84. The van der Waals surface area contributed by atoms with Crippen LogP contribution < -0.4 is 4.74 Å². The van der Waals surface area contributed by atoms with E-state index >= 15 is 0 Å². The van der Waals surface area contributed by atoms with E-state index in [9.17, 15) is 0 Å². The Kier molecular flexibility index (Phi) is 2.15. The summed E-state index contributed by atoms with van der Waals surface area (Å²) in [7, 11) is 0. The van der Waals surface area contributed by atoms with Gasteiger partial charge in [-0.15, -0.1) is 11.3 Å². The molecule has 1 aromatic carbocycles. The molecule has 0 unspecified atom stereocenters. The maximum absolute atomic E-state index is 5.80. The van der Waals surface area contributed by atoms with Gasteiger partial charge in [0.1, 0.15) is 15.9 Å². The van der Waals surface area contributed by atoms with Crippen LogP contribution in [-0.2, 0) is 6.42 Å². The molecule has 0 atom stereocenters. The van der Waals surface area contributed by atoms with Gasteiger partial charge < -0.3 is 4.74 Å². The lowest BCUT2D eigenvalue weighted by atomic mass is 10.1. The Balaban J connectivity index is 2.06. The van der Waals surface area contributed by atoms with Crippen LogP contribution in [0.2, 0.25) is 5.15 Å². The van der Waals surface area contributed by atoms with Crippen LogP contribution in [0.1, 0.15) is 5.56 Å². The van der Waals surface area contributed by atoms with E-state index in [0.717, 1.165) is 29.3 Å². The zero-order valence-electron chi connectivity index (χ0n) is 7.87. The second-order valence-electron chi connectivity index (χ2n) is 3.40. The Morgan fingerprint density at radius 3 is 3.13 bits per heavy atom.